The number of hydrazine groups is 1. The SMILES string of the molecule is O=C(CNC(=O)c1cccc(Cl)c1)NNC(=O)C1CCCCC1. The molecule has 1 aromatic rings. The maximum atomic E-state index is 11.9. The molecule has 0 radical (unpaired) electrons. The van der Waals surface area contributed by atoms with Crippen LogP contribution in [0.3, 0.4) is 0 Å². The van der Waals surface area contributed by atoms with Gasteiger partial charge in [-0.3, -0.25) is 25.2 Å². The normalized spacial score (nSPS) is 14.8. The van der Waals surface area contributed by atoms with E-state index in [-0.39, 0.29) is 18.4 Å². The van der Waals surface area contributed by atoms with Crippen molar-refractivity contribution in [3.8, 4) is 0 Å². The van der Waals surface area contributed by atoms with Gasteiger partial charge in [0.2, 0.25) is 5.91 Å². The summed E-state index contributed by atoms with van der Waals surface area (Å²) in [6, 6.07) is 6.43. The van der Waals surface area contributed by atoms with E-state index in [1.807, 2.05) is 0 Å². The molecule has 1 fully saturated rings. The van der Waals surface area contributed by atoms with Crippen LogP contribution < -0.4 is 16.2 Å². The van der Waals surface area contributed by atoms with Crippen molar-refractivity contribution in [3.63, 3.8) is 0 Å². The molecule has 3 N–H and O–H groups in total. The molecule has 23 heavy (non-hydrogen) atoms. The molecule has 2 rings (SSSR count). The summed E-state index contributed by atoms with van der Waals surface area (Å²) in [5.41, 5.74) is 5.10. The minimum atomic E-state index is -0.482. The molecule has 0 spiro atoms. The standard InChI is InChI=1S/C16H20ClN3O3/c17-13-8-4-7-12(9-13)15(22)18-10-14(21)19-20-16(23)11-5-2-1-3-6-11/h4,7-9,11H,1-3,5-6,10H2,(H,18,22)(H,19,21)(H,20,23). The van der Waals surface area contributed by atoms with E-state index in [1.165, 1.54) is 6.07 Å². The molecule has 1 saturated carbocycles. The maximum absolute atomic E-state index is 11.9. The summed E-state index contributed by atoms with van der Waals surface area (Å²) < 4.78 is 0. The summed E-state index contributed by atoms with van der Waals surface area (Å²) in [6.45, 7) is -0.226. The van der Waals surface area contributed by atoms with Crippen LogP contribution in [0.1, 0.15) is 42.5 Å². The van der Waals surface area contributed by atoms with Crippen LogP contribution in [0, 0.1) is 5.92 Å². The first kappa shape index (κ1) is 17.3. The van der Waals surface area contributed by atoms with Crippen molar-refractivity contribution in [3.05, 3.63) is 34.9 Å². The minimum absolute atomic E-state index is 0.0369. The van der Waals surface area contributed by atoms with E-state index in [0.717, 1.165) is 32.1 Å². The summed E-state index contributed by atoms with van der Waals surface area (Å²) in [6.07, 6.45) is 4.95. The van der Waals surface area contributed by atoms with Gasteiger partial charge in [-0.05, 0) is 31.0 Å². The van der Waals surface area contributed by atoms with Gasteiger partial charge in [0.25, 0.3) is 11.8 Å². The number of amides is 3. The Morgan fingerprint density at radius 3 is 2.52 bits per heavy atom. The zero-order valence-corrected chi connectivity index (χ0v) is 13.5. The quantitative estimate of drug-likeness (QED) is 0.732. The fraction of sp³-hybridized carbons (Fsp3) is 0.438. The summed E-state index contributed by atoms with van der Waals surface area (Å²) in [7, 11) is 0. The molecule has 0 unspecified atom stereocenters. The zero-order chi connectivity index (χ0) is 16.7. The van der Waals surface area contributed by atoms with Crippen LogP contribution in [0.25, 0.3) is 0 Å². The van der Waals surface area contributed by atoms with Crippen molar-refractivity contribution in [2.24, 2.45) is 5.92 Å². The second kappa shape index (κ2) is 8.53. The molecule has 0 saturated heterocycles. The Labute approximate surface area is 139 Å². The smallest absolute Gasteiger partial charge is 0.257 e. The van der Waals surface area contributed by atoms with Crippen LogP contribution in [0.5, 0.6) is 0 Å². The third kappa shape index (κ3) is 5.56. The van der Waals surface area contributed by atoms with E-state index < -0.39 is 11.8 Å². The molecule has 0 bridgehead atoms. The molecule has 124 valence electrons. The number of carbonyl (C=O) groups is 3. The lowest BCUT2D eigenvalue weighted by molar-refractivity contribution is -0.131. The van der Waals surface area contributed by atoms with Crippen LogP contribution in [0.15, 0.2) is 24.3 Å². The fourth-order valence-electron chi connectivity index (χ4n) is 2.53. The molecule has 1 aliphatic rings. The Bertz CT molecular complexity index is 586. The van der Waals surface area contributed by atoms with E-state index in [0.29, 0.717) is 10.6 Å². The lowest BCUT2D eigenvalue weighted by atomic mass is 9.89. The van der Waals surface area contributed by atoms with Crippen LogP contribution >= 0.6 is 11.6 Å². The van der Waals surface area contributed by atoms with Gasteiger partial charge in [-0.1, -0.05) is 36.9 Å². The third-order valence-corrected chi connectivity index (χ3v) is 4.03. The number of hydrogen-bond donors (Lipinski definition) is 3. The van der Waals surface area contributed by atoms with Gasteiger partial charge >= 0.3 is 0 Å². The minimum Gasteiger partial charge on any atom is -0.343 e. The van der Waals surface area contributed by atoms with E-state index >= 15 is 0 Å². The highest BCUT2D eigenvalue weighted by Crippen LogP contribution is 2.23. The predicted molar refractivity (Wildman–Crippen MR) is 86.6 cm³/mol. The van der Waals surface area contributed by atoms with Crippen LogP contribution in [0.2, 0.25) is 5.02 Å². The maximum Gasteiger partial charge on any atom is 0.257 e. The molecule has 1 aliphatic carbocycles. The van der Waals surface area contributed by atoms with Gasteiger partial charge in [-0.2, -0.15) is 0 Å². The first-order valence-corrected chi connectivity index (χ1v) is 8.06. The van der Waals surface area contributed by atoms with Gasteiger partial charge in [0.1, 0.15) is 0 Å². The van der Waals surface area contributed by atoms with Gasteiger partial charge < -0.3 is 5.32 Å². The summed E-state index contributed by atoms with van der Waals surface area (Å²) in [5.74, 6) is -1.09. The van der Waals surface area contributed by atoms with Crippen molar-refractivity contribution in [2.45, 2.75) is 32.1 Å². The monoisotopic (exact) mass is 337 g/mol. The Hall–Kier alpha value is -2.08. The van der Waals surface area contributed by atoms with Crippen molar-refractivity contribution in [1.82, 2.24) is 16.2 Å². The molecular weight excluding hydrogens is 318 g/mol. The highest BCUT2D eigenvalue weighted by atomic mass is 35.5. The van der Waals surface area contributed by atoms with Gasteiger partial charge in [-0.25, -0.2) is 0 Å². The number of halogens is 1. The average molecular weight is 338 g/mol. The lowest BCUT2D eigenvalue weighted by Crippen LogP contribution is -2.48. The van der Waals surface area contributed by atoms with Gasteiger partial charge in [0, 0.05) is 16.5 Å². The average Bonchev–Trinajstić information content (AvgIpc) is 2.58. The Kier molecular flexibility index (Phi) is 6.40. The highest BCUT2D eigenvalue weighted by Gasteiger charge is 2.21. The Morgan fingerprint density at radius 1 is 1.09 bits per heavy atom. The Balaban J connectivity index is 1.70. The molecule has 6 nitrogen and oxygen atoms in total. The van der Waals surface area contributed by atoms with E-state index in [2.05, 4.69) is 16.2 Å². The van der Waals surface area contributed by atoms with Gasteiger partial charge in [-0.15, -0.1) is 0 Å². The fourth-order valence-corrected chi connectivity index (χ4v) is 2.72. The molecular formula is C16H20ClN3O3. The van der Waals surface area contributed by atoms with Crippen molar-refractivity contribution >= 4 is 29.3 Å². The molecule has 3 amide bonds. The van der Waals surface area contributed by atoms with Gasteiger partial charge in [0.05, 0.1) is 6.54 Å². The summed E-state index contributed by atoms with van der Waals surface area (Å²) in [4.78, 5) is 35.4. The largest absolute Gasteiger partial charge is 0.343 e. The third-order valence-electron chi connectivity index (χ3n) is 3.80. The van der Waals surface area contributed by atoms with Crippen molar-refractivity contribution in [1.29, 1.82) is 0 Å². The Morgan fingerprint density at radius 2 is 1.83 bits per heavy atom. The van der Waals surface area contributed by atoms with E-state index in [9.17, 15) is 14.4 Å². The van der Waals surface area contributed by atoms with E-state index in [1.54, 1.807) is 18.2 Å². The summed E-state index contributed by atoms with van der Waals surface area (Å²) in [5, 5.41) is 2.91. The predicted octanol–water partition coefficient (Wildman–Crippen LogP) is 1.80. The van der Waals surface area contributed by atoms with Gasteiger partial charge in [0.15, 0.2) is 0 Å². The van der Waals surface area contributed by atoms with Crippen LogP contribution in [-0.4, -0.2) is 24.3 Å². The zero-order valence-electron chi connectivity index (χ0n) is 12.7. The van der Waals surface area contributed by atoms with E-state index in [4.69, 9.17) is 11.6 Å². The number of benzene rings is 1. The second-order valence-corrected chi connectivity index (χ2v) is 6.00. The molecule has 0 heterocycles. The molecule has 7 heteroatoms. The number of carbonyl (C=O) groups excluding carboxylic acids is 3. The number of rotatable bonds is 4. The van der Waals surface area contributed by atoms with Crippen molar-refractivity contribution in [2.75, 3.05) is 6.54 Å². The molecule has 1 aromatic carbocycles. The first-order valence-electron chi connectivity index (χ1n) is 7.69. The second-order valence-electron chi connectivity index (χ2n) is 5.57. The molecule has 0 aromatic heterocycles. The van der Waals surface area contributed by atoms with Crippen LogP contribution in [0.4, 0.5) is 0 Å². The molecule has 0 atom stereocenters. The topological polar surface area (TPSA) is 87.3 Å². The number of hydrogen-bond acceptors (Lipinski definition) is 3. The van der Waals surface area contributed by atoms with Crippen molar-refractivity contribution < 1.29 is 14.4 Å². The molecule has 0 aliphatic heterocycles. The van der Waals surface area contributed by atoms with Crippen LogP contribution in [-0.2, 0) is 9.59 Å². The number of nitrogens with one attached hydrogen (secondary N) is 3. The summed E-state index contributed by atoms with van der Waals surface area (Å²) >= 11 is 5.80. The highest BCUT2D eigenvalue weighted by molar-refractivity contribution is 6.30. The lowest BCUT2D eigenvalue weighted by Gasteiger charge is -2.20. The first-order chi connectivity index (χ1) is 11.1.